The van der Waals surface area contributed by atoms with Crippen LogP contribution in [0, 0.1) is 0 Å². The molecule has 0 aliphatic heterocycles. The lowest BCUT2D eigenvalue weighted by Gasteiger charge is -2.23. The van der Waals surface area contributed by atoms with Crippen LogP contribution in [0.3, 0.4) is 0 Å². The number of rotatable bonds is 6. The van der Waals surface area contributed by atoms with Gasteiger partial charge in [-0.25, -0.2) is 0 Å². The first-order valence-corrected chi connectivity index (χ1v) is 8.03. The number of hydrogen-bond donors (Lipinski definition) is 0. The molecule has 122 valence electrons. The van der Waals surface area contributed by atoms with Crippen molar-refractivity contribution >= 4 is 5.91 Å². The van der Waals surface area contributed by atoms with E-state index in [1.807, 2.05) is 61.6 Å². The number of nitrogens with zero attached hydrogens (tertiary/aromatic N) is 1. The number of likely N-dealkylation sites (N-methyl/N-ethyl adjacent to an activating group) is 1. The fourth-order valence-corrected chi connectivity index (χ4v) is 2.55. The zero-order chi connectivity index (χ0) is 16.8. The highest BCUT2D eigenvalue weighted by molar-refractivity contribution is 5.80. The summed E-state index contributed by atoms with van der Waals surface area (Å²) in [6.07, 6.45) is -0.511. The van der Waals surface area contributed by atoms with Gasteiger partial charge in [0.2, 0.25) is 0 Å². The first-order chi connectivity index (χ1) is 11.0. The molecule has 0 aliphatic rings. The summed E-state index contributed by atoms with van der Waals surface area (Å²) >= 11 is 0. The van der Waals surface area contributed by atoms with E-state index in [1.165, 1.54) is 0 Å². The molecular weight excluding hydrogens is 286 g/mol. The molecular formula is C20H25NO2. The Morgan fingerprint density at radius 2 is 1.61 bits per heavy atom. The fraction of sp³-hybridized carbons (Fsp3) is 0.350. The Bertz CT molecular complexity index is 637. The van der Waals surface area contributed by atoms with Crippen LogP contribution < -0.4 is 4.74 Å². The molecule has 0 fully saturated rings. The zero-order valence-corrected chi connectivity index (χ0v) is 14.3. The average Bonchev–Trinajstić information content (AvgIpc) is 2.55. The van der Waals surface area contributed by atoms with Crippen LogP contribution in [0.4, 0.5) is 0 Å². The van der Waals surface area contributed by atoms with Crippen molar-refractivity contribution in [2.45, 2.75) is 39.3 Å². The van der Waals surface area contributed by atoms with Gasteiger partial charge < -0.3 is 9.64 Å². The molecule has 2 aromatic rings. The lowest BCUT2D eigenvalue weighted by molar-refractivity contribution is -0.137. The summed E-state index contributed by atoms with van der Waals surface area (Å²) in [6.45, 7) is 6.63. The molecule has 0 bridgehead atoms. The predicted molar refractivity (Wildman–Crippen MR) is 93.5 cm³/mol. The van der Waals surface area contributed by atoms with Gasteiger partial charge in [0.1, 0.15) is 5.75 Å². The van der Waals surface area contributed by atoms with E-state index in [1.54, 1.807) is 11.8 Å². The summed E-state index contributed by atoms with van der Waals surface area (Å²) in [4.78, 5) is 14.2. The second-order valence-electron chi connectivity index (χ2n) is 6.13. The molecule has 0 aromatic heterocycles. The summed E-state index contributed by atoms with van der Waals surface area (Å²) in [7, 11) is 1.81. The third kappa shape index (κ3) is 4.59. The van der Waals surface area contributed by atoms with Crippen molar-refractivity contribution < 1.29 is 9.53 Å². The maximum atomic E-state index is 12.5. The number of ether oxygens (including phenoxy) is 1. The van der Waals surface area contributed by atoms with Crippen LogP contribution >= 0.6 is 0 Å². The zero-order valence-electron chi connectivity index (χ0n) is 14.3. The molecule has 0 saturated carbocycles. The average molecular weight is 311 g/mol. The van der Waals surface area contributed by atoms with Crippen LogP contribution in [0.1, 0.15) is 37.8 Å². The third-order valence-corrected chi connectivity index (χ3v) is 3.83. The van der Waals surface area contributed by atoms with Gasteiger partial charge in [0.05, 0.1) is 0 Å². The van der Waals surface area contributed by atoms with Crippen molar-refractivity contribution in [3.8, 4) is 5.75 Å². The molecule has 0 N–H and O–H groups in total. The summed E-state index contributed by atoms with van der Waals surface area (Å²) in [5.74, 6) is 1.12. The number of para-hydroxylation sites is 1. The number of hydrogen-bond acceptors (Lipinski definition) is 2. The minimum Gasteiger partial charge on any atom is -0.481 e. The minimum atomic E-state index is -0.511. The molecule has 0 heterocycles. The van der Waals surface area contributed by atoms with Gasteiger partial charge in [-0.2, -0.15) is 0 Å². The van der Waals surface area contributed by atoms with Crippen molar-refractivity contribution in [1.29, 1.82) is 0 Å². The molecule has 1 atom stereocenters. The Morgan fingerprint density at radius 1 is 1.00 bits per heavy atom. The van der Waals surface area contributed by atoms with Gasteiger partial charge >= 0.3 is 0 Å². The van der Waals surface area contributed by atoms with Crippen molar-refractivity contribution in [1.82, 2.24) is 4.90 Å². The van der Waals surface area contributed by atoms with Crippen molar-refractivity contribution in [3.05, 3.63) is 65.7 Å². The Morgan fingerprint density at radius 3 is 2.26 bits per heavy atom. The summed E-state index contributed by atoms with van der Waals surface area (Å²) in [6, 6.07) is 17.9. The van der Waals surface area contributed by atoms with Crippen molar-refractivity contribution in [3.63, 3.8) is 0 Å². The lowest BCUT2D eigenvalue weighted by atomic mass is 10.0. The Balaban J connectivity index is 2.02. The van der Waals surface area contributed by atoms with E-state index in [0.717, 1.165) is 16.9 Å². The largest absolute Gasteiger partial charge is 0.481 e. The number of carbonyl (C=O) groups is 1. The van der Waals surface area contributed by atoms with E-state index < -0.39 is 6.10 Å². The lowest BCUT2D eigenvalue weighted by Crippen LogP contribution is -2.37. The maximum absolute atomic E-state index is 12.5. The van der Waals surface area contributed by atoms with E-state index >= 15 is 0 Å². The maximum Gasteiger partial charge on any atom is 0.263 e. The van der Waals surface area contributed by atoms with Crippen molar-refractivity contribution in [2.24, 2.45) is 0 Å². The second-order valence-corrected chi connectivity index (χ2v) is 6.13. The molecule has 3 heteroatoms. The normalized spacial score (nSPS) is 12.0. The van der Waals surface area contributed by atoms with Crippen LogP contribution in [-0.2, 0) is 11.3 Å². The third-order valence-electron chi connectivity index (χ3n) is 3.83. The number of amides is 1. The molecule has 0 saturated heterocycles. The van der Waals surface area contributed by atoms with E-state index in [0.29, 0.717) is 12.5 Å². The SMILES string of the molecule is CC(Oc1ccccc1C(C)C)C(=O)N(C)Cc1ccccc1. The van der Waals surface area contributed by atoms with Gasteiger partial charge in [-0.3, -0.25) is 4.79 Å². The van der Waals surface area contributed by atoms with Gasteiger partial charge in [0.15, 0.2) is 6.10 Å². The molecule has 23 heavy (non-hydrogen) atoms. The smallest absolute Gasteiger partial charge is 0.263 e. The van der Waals surface area contributed by atoms with Crippen molar-refractivity contribution in [2.75, 3.05) is 7.05 Å². The highest BCUT2D eigenvalue weighted by Gasteiger charge is 2.20. The van der Waals surface area contributed by atoms with Gasteiger partial charge in [0.25, 0.3) is 5.91 Å². The van der Waals surface area contributed by atoms with E-state index in [9.17, 15) is 4.79 Å². The molecule has 0 radical (unpaired) electrons. The second kappa shape index (κ2) is 7.82. The van der Waals surface area contributed by atoms with Crippen LogP contribution in [0.15, 0.2) is 54.6 Å². The summed E-state index contributed by atoms with van der Waals surface area (Å²) in [5.41, 5.74) is 2.23. The molecule has 1 unspecified atom stereocenters. The summed E-state index contributed by atoms with van der Waals surface area (Å²) in [5, 5.41) is 0. The topological polar surface area (TPSA) is 29.5 Å². The Kier molecular flexibility index (Phi) is 5.80. The first kappa shape index (κ1) is 17.1. The van der Waals surface area contributed by atoms with Crippen LogP contribution in [0.25, 0.3) is 0 Å². The minimum absolute atomic E-state index is 0.0209. The Labute approximate surface area is 138 Å². The highest BCUT2D eigenvalue weighted by Crippen LogP contribution is 2.27. The van der Waals surface area contributed by atoms with Gasteiger partial charge in [-0.05, 0) is 30.0 Å². The van der Waals surface area contributed by atoms with Gasteiger partial charge in [0, 0.05) is 13.6 Å². The van der Waals surface area contributed by atoms with Crippen LogP contribution in [0.2, 0.25) is 0 Å². The molecule has 2 aromatic carbocycles. The molecule has 0 spiro atoms. The van der Waals surface area contributed by atoms with E-state index in [-0.39, 0.29) is 5.91 Å². The first-order valence-electron chi connectivity index (χ1n) is 8.03. The molecule has 2 rings (SSSR count). The van der Waals surface area contributed by atoms with Gasteiger partial charge in [-0.1, -0.05) is 62.4 Å². The molecule has 3 nitrogen and oxygen atoms in total. The number of carbonyl (C=O) groups excluding carboxylic acids is 1. The number of benzene rings is 2. The highest BCUT2D eigenvalue weighted by atomic mass is 16.5. The summed E-state index contributed by atoms with van der Waals surface area (Å²) < 4.78 is 5.94. The van der Waals surface area contributed by atoms with E-state index in [2.05, 4.69) is 13.8 Å². The van der Waals surface area contributed by atoms with Gasteiger partial charge in [-0.15, -0.1) is 0 Å². The molecule has 0 aliphatic carbocycles. The monoisotopic (exact) mass is 311 g/mol. The fourth-order valence-electron chi connectivity index (χ4n) is 2.55. The quantitative estimate of drug-likeness (QED) is 0.798. The Hall–Kier alpha value is -2.29. The van der Waals surface area contributed by atoms with Crippen LogP contribution in [0.5, 0.6) is 5.75 Å². The van der Waals surface area contributed by atoms with Crippen LogP contribution in [-0.4, -0.2) is 24.0 Å². The standard InChI is InChI=1S/C20H25NO2/c1-15(2)18-12-8-9-13-19(18)23-16(3)20(22)21(4)14-17-10-6-5-7-11-17/h5-13,15-16H,14H2,1-4H3. The molecule has 1 amide bonds. The predicted octanol–water partition coefficient (Wildman–Crippen LogP) is 4.24. The van der Waals surface area contributed by atoms with E-state index in [4.69, 9.17) is 4.74 Å².